The fourth-order valence-corrected chi connectivity index (χ4v) is 2.71. The third-order valence-electron chi connectivity index (χ3n) is 3.58. The first-order chi connectivity index (χ1) is 8.19. The van der Waals surface area contributed by atoms with Gasteiger partial charge in [0, 0.05) is 6.20 Å². The summed E-state index contributed by atoms with van der Waals surface area (Å²) in [5.41, 5.74) is 2.61. The Labute approximate surface area is 103 Å². The zero-order valence-electron chi connectivity index (χ0n) is 11.0. The molecule has 0 saturated carbocycles. The van der Waals surface area contributed by atoms with E-state index < -0.39 is 0 Å². The van der Waals surface area contributed by atoms with Gasteiger partial charge in [-0.2, -0.15) is 5.10 Å². The van der Waals surface area contributed by atoms with Crippen LogP contribution in [0.1, 0.15) is 52.0 Å². The lowest BCUT2D eigenvalue weighted by molar-refractivity contribution is 0.392. The number of hydrogen-bond donors (Lipinski definition) is 0. The van der Waals surface area contributed by atoms with Crippen LogP contribution < -0.4 is 0 Å². The number of pyridine rings is 1. The Hall–Kier alpha value is -1.38. The van der Waals surface area contributed by atoms with Crippen molar-refractivity contribution in [2.45, 2.75) is 51.9 Å². The Balaban J connectivity index is 2.40. The second kappa shape index (κ2) is 4.86. The van der Waals surface area contributed by atoms with Crippen LogP contribution in [0, 0.1) is 0 Å². The van der Waals surface area contributed by atoms with Crippen molar-refractivity contribution >= 4 is 5.65 Å². The fourth-order valence-electron chi connectivity index (χ4n) is 2.71. The summed E-state index contributed by atoms with van der Waals surface area (Å²) in [6.45, 7) is 6.87. The van der Waals surface area contributed by atoms with Crippen molar-refractivity contribution in [2.75, 3.05) is 0 Å². The third-order valence-corrected chi connectivity index (χ3v) is 3.58. The molecule has 0 spiro atoms. The van der Waals surface area contributed by atoms with Gasteiger partial charge in [0.05, 0.1) is 0 Å². The summed E-state index contributed by atoms with van der Waals surface area (Å²) in [5.74, 6) is 0. The average molecular weight is 231 g/mol. The minimum atomic E-state index is 0.275. The van der Waals surface area contributed by atoms with Crippen LogP contribution in [-0.2, 0) is 5.41 Å². The van der Waals surface area contributed by atoms with E-state index in [1.54, 1.807) is 6.33 Å². The summed E-state index contributed by atoms with van der Waals surface area (Å²) in [7, 11) is 0. The van der Waals surface area contributed by atoms with E-state index in [9.17, 15) is 0 Å². The molecule has 0 unspecified atom stereocenters. The first-order valence-electron chi connectivity index (χ1n) is 6.49. The number of hydrogen-bond acceptors (Lipinski definition) is 2. The summed E-state index contributed by atoms with van der Waals surface area (Å²) in [5, 5.41) is 4.14. The van der Waals surface area contributed by atoms with Crippen molar-refractivity contribution in [3.8, 4) is 0 Å². The molecule has 0 aliphatic rings. The fraction of sp³-hybridized carbons (Fsp3) is 0.571. The van der Waals surface area contributed by atoms with Crippen molar-refractivity contribution in [2.24, 2.45) is 0 Å². The molecule has 2 aromatic heterocycles. The number of rotatable bonds is 5. The zero-order valence-corrected chi connectivity index (χ0v) is 11.0. The largest absolute Gasteiger partial charge is 0.221 e. The highest BCUT2D eigenvalue weighted by Crippen LogP contribution is 2.34. The van der Waals surface area contributed by atoms with Gasteiger partial charge < -0.3 is 0 Å². The SMILES string of the molecule is CCCC(C)(CCC)c1ccn2ncnc2c1. The van der Waals surface area contributed by atoms with Gasteiger partial charge in [0.1, 0.15) is 6.33 Å². The standard InChI is InChI=1S/C14H21N3/c1-4-7-14(3,8-5-2)12-6-9-17-13(10-12)15-11-16-17/h6,9-11H,4-5,7-8H2,1-3H3. The summed E-state index contributed by atoms with van der Waals surface area (Å²) in [6, 6.07) is 4.37. The Bertz CT molecular complexity index is 481. The maximum atomic E-state index is 4.26. The van der Waals surface area contributed by atoms with Gasteiger partial charge in [-0.1, -0.05) is 33.6 Å². The molecule has 0 bridgehead atoms. The number of fused-ring (bicyclic) bond motifs is 1. The normalized spacial score (nSPS) is 12.2. The molecule has 0 N–H and O–H groups in total. The second-order valence-electron chi connectivity index (χ2n) is 5.04. The van der Waals surface area contributed by atoms with Gasteiger partial charge in [-0.25, -0.2) is 9.50 Å². The Morgan fingerprint density at radius 2 is 1.94 bits per heavy atom. The van der Waals surface area contributed by atoms with Crippen LogP contribution in [0.2, 0.25) is 0 Å². The Morgan fingerprint density at radius 1 is 1.24 bits per heavy atom. The molecular formula is C14H21N3. The highest BCUT2D eigenvalue weighted by Gasteiger charge is 2.25. The third kappa shape index (κ3) is 2.33. The maximum Gasteiger partial charge on any atom is 0.155 e. The molecular weight excluding hydrogens is 210 g/mol. The molecule has 3 heteroatoms. The topological polar surface area (TPSA) is 30.2 Å². The molecule has 2 rings (SSSR count). The molecule has 2 heterocycles. The van der Waals surface area contributed by atoms with E-state index in [1.165, 1.54) is 31.2 Å². The van der Waals surface area contributed by atoms with E-state index in [1.807, 2.05) is 10.7 Å². The van der Waals surface area contributed by atoms with Crippen molar-refractivity contribution < 1.29 is 0 Å². The Kier molecular flexibility index (Phi) is 3.46. The minimum Gasteiger partial charge on any atom is -0.221 e. The summed E-state index contributed by atoms with van der Waals surface area (Å²) >= 11 is 0. The summed E-state index contributed by atoms with van der Waals surface area (Å²) in [6.07, 6.45) is 8.51. The monoisotopic (exact) mass is 231 g/mol. The molecule has 0 fully saturated rings. The Morgan fingerprint density at radius 3 is 2.59 bits per heavy atom. The average Bonchev–Trinajstić information content (AvgIpc) is 2.76. The first-order valence-corrected chi connectivity index (χ1v) is 6.49. The molecule has 0 aliphatic heterocycles. The van der Waals surface area contributed by atoms with Gasteiger partial charge >= 0.3 is 0 Å². The molecule has 0 saturated heterocycles. The minimum absolute atomic E-state index is 0.275. The van der Waals surface area contributed by atoms with Gasteiger partial charge in [0.25, 0.3) is 0 Å². The van der Waals surface area contributed by atoms with Crippen LogP contribution in [-0.4, -0.2) is 14.6 Å². The van der Waals surface area contributed by atoms with Crippen LogP contribution in [0.15, 0.2) is 24.7 Å². The molecule has 92 valence electrons. The van der Waals surface area contributed by atoms with Gasteiger partial charge in [-0.3, -0.25) is 0 Å². The van der Waals surface area contributed by atoms with Crippen LogP contribution >= 0.6 is 0 Å². The van der Waals surface area contributed by atoms with Crippen molar-refractivity contribution in [3.63, 3.8) is 0 Å². The maximum absolute atomic E-state index is 4.26. The number of aromatic nitrogens is 3. The van der Waals surface area contributed by atoms with Crippen LogP contribution in [0.25, 0.3) is 5.65 Å². The first kappa shape index (κ1) is 12.1. The van der Waals surface area contributed by atoms with Crippen LogP contribution in [0.3, 0.4) is 0 Å². The van der Waals surface area contributed by atoms with Crippen LogP contribution in [0.5, 0.6) is 0 Å². The molecule has 17 heavy (non-hydrogen) atoms. The molecule has 0 radical (unpaired) electrons. The van der Waals surface area contributed by atoms with Gasteiger partial charge in [0.2, 0.25) is 0 Å². The van der Waals surface area contributed by atoms with E-state index in [0.29, 0.717) is 0 Å². The lowest BCUT2D eigenvalue weighted by Gasteiger charge is -2.29. The predicted molar refractivity (Wildman–Crippen MR) is 70.2 cm³/mol. The van der Waals surface area contributed by atoms with E-state index in [2.05, 4.69) is 43.0 Å². The van der Waals surface area contributed by atoms with Gasteiger partial charge in [0.15, 0.2) is 5.65 Å². The molecule has 0 aliphatic carbocycles. The molecule has 0 amide bonds. The van der Waals surface area contributed by atoms with Crippen molar-refractivity contribution in [3.05, 3.63) is 30.2 Å². The lowest BCUT2D eigenvalue weighted by atomic mass is 9.75. The zero-order chi connectivity index (χ0) is 12.3. The van der Waals surface area contributed by atoms with E-state index >= 15 is 0 Å². The quantitative estimate of drug-likeness (QED) is 0.787. The van der Waals surface area contributed by atoms with Crippen LogP contribution in [0.4, 0.5) is 0 Å². The molecule has 0 atom stereocenters. The van der Waals surface area contributed by atoms with Crippen molar-refractivity contribution in [1.82, 2.24) is 14.6 Å². The highest BCUT2D eigenvalue weighted by atomic mass is 15.3. The van der Waals surface area contributed by atoms with Crippen molar-refractivity contribution in [1.29, 1.82) is 0 Å². The summed E-state index contributed by atoms with van der Waals surface area (Å²) in [4.78, 5) is 4.26. The second-order valence-corrected chi connectivity index (χ2v) is 5.04. The van der Waals surface area contributed by atoms with E-state index in [4.69, 9.17) is 0 Å². The van der Waals surface area contributed by atoms with E-state index in [0.717, 1.165) is 5.65 Å². The van der Waals surface area contributed by atoms with E-state index in [-0.39, 0.29) is 5.41 Å². The highest BCUT2D eigenvalue weighted by molar-refractivity contribution is 5.42. The number of nitrogens with zero attached hydrogens (tertiary/aromatic N) is 3. The van der Waals surface area contributed by atoms with Gasteiger partial charge in [-0.15, -0.1) is 0 Å². The lowest BCUT2D eigenvalue weighted by Crippen LogP contribution is -2.21. The molecule has 2 aromatic rings. The smallest absolute Gasteiger partial charge is 0.155 e. The van der Waals surface area contributed by atoms with Gasteiger partial charge in [-0.05, 0) is 36.0 Å². The summed E-state index contributed by atoms with van der Waals surface area (Å²) < 4.78 is 1.82. The molecule has 0 aromatic carbocycles. The predicted octanol–water partition coefficient (Wildman–Crippen LogP) is 3.59. The molecule has 3 nitrogen and oxygen atoms in total.